The smallest absolute Gasteiger partial charge is 0.134 e. The molecule has 0 N–H and O–H groups in total. The van der Waals surface area contributed by atoms with E-state index in [9.17, 15) is 0 Å². The molecule has 0 aromatic carbocycles. The van der Waals surface area contributed by atoms with E-state index in [1.807, 2.05) is 6.07 Å². The van der Waals surface area contributed by atoms with Crippen LogP contribution in [0.25, 0.3) is 0 Å². The number of anilines is 1. The highest BCUT2D eigenvalue weighted by Crippen LogP contribution is 2.25. The first kappa shape index (κ1) is 11.6. The molecule has 0 aliphatic carbocycles. The summed E-state index contributed by atoms with van der Waals surface area (Å²) < 4.78 is 0. The maximum Gasteiger partial charge on any atom is 0.134 e. The molecule has 0 radical (unpaired) electrons. The lowest BCUT2D eigenvalue weighted by atomic mass is 10.1. The molecule has 0 spiro atoms. The molecule has 2 atom stereocenters. The Morgan fingerprint density at radius 1 is 1.31 bits per heavy atom. The van der Waals surface area contributed by atoms with Crippen LogP contribution in [0, 0.1) is 5.92 Å². The molecule has 4 heteroatoms. The normalized spacial score (nSPS) is 26.6. The topological polar surface area (TPSA) is 29.0 Å². The van der Waals surface area contributed by atoms with Gasteiger partial charge in [-0.15, -0.1) is 0 Å². The minimum Gasteiger partial charge on any atom is -0.354 e. The molecule has 16 heavy (non-hydrogen) atoms. The maximum atomic E-state index is 5.91. The molecule has 0 saturated carbocycles. The molecule has 0 amide bonds. The Kier molecular flexibility index (Phi) is 3.64. The highest BCUT2D eigenvalue weighted by atomic mass is 35.5. The van der Waals surface area contributed by atoms with Gasteiger partial charge in [0, 0.05) is 18.7 Å². The van der Waals surface area contributed by atoms with E-state index in [0.717, 1.165) is 18.3 Å². The molecule has 1 fully saturated rings. The highest BCUT2D eigenvalue weighted by Gasteiger charge is 2.22. The second-order valence-electron chi connectivity index (χ2n) is 4.74. The summed E-state index contributed by atoms with van der Waals surface area (Å²) in [5, 5.41) is 0.522. The summed E-state index contributed by atoms with van der Waals surface area (Å²) in [5.74, 6) is 1.68. The van der Waals surface area contributed by atoms with Gasteiger partial charge in [-0.05, 0) is 25.7 Å². The number of nitrogens with zero attached hydrogens (tertiary/aromatic N) is 3. The van der Waals surface area contributed by atoms with Gasteiger partial charge in [0.2, 0.25) is 0 Å². The van der Waals surface area contributed by atoms with Crippen LogP contribution in [0.15, 0.2) is 12.4 Å². The van der Waals surface area contributed by atoms with Crippen LogP contribution in [0.2, 0.25) is 5.15 Å². The van der Waals surface area contributed by atoms with Gasteiger partial charge in [0.15, 0.2) is 0 Å². The molecule has 1 aromatic heterocycles. The average Bonchev–Trinajstić information content (AvgIpc) is 2.41. The van der Waals surface area contributed by atoms with E-state index in [1.54, 1.807) is 6.33 Å². The maximum absolute atomic E-state index is 5.91. The van der Waals surface area contributed by atoms with Crippen molar-refractivity contribution in [1.29, 1.82) is 0 Å². The van der Waals surface area contributed by atoms with Gasteiger partial charge in [0.25, 0.3) is 0 Å². The molecular weight excluding hydrogens is 222 g/mol. The summed E-state index contributed by atoms with van der Waals surface area (Å²) in [4.78, 5) is 10.6. The van der Waals surface area contributed by atoms with E-state index >= 15 is 0 Å². The van der Waals surface area contributed by atoms with Crippen molar-refractivity contribution in [3.8, 4) is 0 Å². The van der Waals surface area contributed by atoms with E-state index in [1.165, 1.54) is 19.3 Å². The minimum absolute atomic E-state index is 0.522. The molecule has 0 unspecified atom stereocenters. The van der Waals surface area contributed by atoms with Crippen molar-refractivity contribution in [3.63, 3.8) is 0 Å². The third-order valence-corrected chi connectivity index (χ3v) is 3.48. The summed E-state index contributed by atoms with van der Waals surface area (Å²) >= 11 is 5.91. The summed E-state index contributed by atoms with van der Waals surface area (Å²) in [5.41, 5.74) is 0. The fourth-order valence-electron chi connectivity index (χ4n) is 2.33. The zero-order valence-corrected chi connectivity index (χ0v) is 10.6. The Balaban J connectivity index is 2.22. The van der Waals surface area contributed by atoms with Crippen molar-refractivity contribution in [1.82, 2.24) is 9.97 Å². The monoisotopic (exact) mass is 239 g/mol. The van der Waals surface area contributed by atoms with E-state index in [-0.39, 0.29) is 0 Å². The van der Waals surface area contributed by atoms with Gasteiger partial charge >= 0.3 is 0 Å². The molecule has 1 aliphatic rings. The standard InChI is InChI=1S/C12H18ClN3/c1-9-4-3-5-10(2)16(7-9)12-6-11(13)14-8-15-12/h6,8-10H,3-5,7H2,1-2H3/t9-,10-/m1/s1. The van der Waals surface area contributed by atoms with Gasteiger partial charge in [-0.3, -0.25) is 0 Å². The van der Waals surface area contributed by atoms with Crippen LogP contribution < -0.4 is 4.90 Å². The first-order valence-corrected chi connectivity index (χ1v) is 6.29. The second-order valence-corrected chi connectivity index (χ2v) is 5.12. The van der Waals surface area contributed by atoms with E-state index in [2.05, 4.69) is 28.7 Å². The van der Waals surface area contributed by atoms with Crippen molar-refractivity contribution in [3.05, 3.63) is 17.5 Å². The number of hydrogen-bond donors (Lipinski definition) is 0. The number of hydrogen-bond acceptors (Lipinski definition) is 3. The Labute approximate surface area is 102 Å². The number of rotatable bonds is 1. The van der Waals surface area contributed by atoms with Crippen LogP contribution >= 0.6 is 11.6 Å². The minimum atomic E-state index is 0.522. The molecule has 1 aromatic rings. The van der Waals surface area contributed by atoms with Crippen molar-refractivity contribution in [2.24, 2.45) is 5.92 Å². The predicted molar refractivity (Wildman–Crippen MR) is 66.9 cm³/mol. The summed E-state index contributed by atoms with van der Waals surface area (Å²) in [7, 11) is 0. The largest absolute Gasteiger partial charge is 0.354 e. The summed E-state index contributed by atoms with van der Waals surface area (Å²) in [6, 6.07) is 2.40. The Morgan fingerprint density at radius 3 is 2.88 bits per heavy atom. The first-order chi connectivity index (χ1) is 7.66. The van der Waals surface area contributed by atoms with Gasteiger partial charge in [0.05, 0.1) is 0 Å². The molecule has 1 aliphatic heterocycles. The fourth-order valence-corrected chi connectivity index (χ4v) is 2.47. The average molecular weight is 240 g/mol. The van der Waals surface area contributed by atoms with Crippen molar-refractivity contribution >= 4 is 17.4 Å². The molecular formula is C12H18ClN3. The van der Waals surface area contributed by atoms with Gasteiger partial charge in [0.1, 0.15) is 17.3 Å². The Bertz CT molecular complexity index is 356. The zero-order valence-electron chi connectivity index (χ0n) is 9.86. The molecule has 3 nitrogen and oxygen atoms in total. The van der Waals surface area contributed by atoms with Crippen molar-refractivity contribution < 1.29 is 0 Å². The third-order valence-electron chi connectivity index (χ3n) is 3.27. The van der Waals surface area contributed by atoms with Gasteiger partial charge in [-0.1, -0.05) is 24.9 Å². The number of halogens is 1. The SMILES string of the molecule is C[C@@H]1CCC[C@@H](C)N(c2cc(Cl)ncn2)C1. The Hall–Kier alpha value is -0.830. The lowest BCUT2D eigenvalue weighted by Gasteiger charge is -2.29. The third kappa shape index (κ3) is 2.64. The van der Waals surface area contributed by atoms with Crippen molar-refractivity contribution in [2.75, 3.05) is 11.4 Å². The highest BCUT2D eigenvalue weighted by molar-refractivity contribution is 6.29. The lowest BCUT2D eigenvalue weighted by molar-refractivity contribution is 0.542. The first-order valence-electron chi connectivity index (χ1n) is 5.91. The zero-order chi connectivity index (χ0) is 11.5. The van der Waals surface area contributed by atoms with E-state index < -0.39 is 0 Å². The molecule has 1 saturated heterocycles. The van der Waals surface area contributed by atoms with E-state index in [0.29, 0.717) is 11.2 Å². The van der Waals surface area contributed by atoms with Crippen LogP contribution in [0.1, 0.15) is 33.1 Å². The Morgan fingerprint density at radius 2 is 2.12 bits per heavy atom. The van der Waals surface area contributed by atoms with Crippen LogP contribution in [-0.4, -0.2) is 22.6 Å². The fraction of sp³-hybridized carbons (Fsp3) is 0.667. The van der Waals surface area contributed by atoms with Crippen LogP contribution in [0.5, 0.6) is 0 Å². The van der Waals surface area contributed by atoms with Gasteiger partial charge in [-0.2, -0.15) is 0 Å². The summed E-state index contributed by atoms with van der Waals surface area (Å²) in [6.45, 7) is 5.62. The van der Waals surface area contributed by atoms with Gasteiger partial charge < -0.3 is 4.90 Å². The van der Waals surface area contributed by atoms with Gasteiger partial charge in [-0.25, -0.2) is 9.97 Å². The molecule has 2 rings (SSSR count). The molecule has 2 heterocycles. The molecule has 88 valence electrons. The van der Waals surface area contributed by atoms with E-state index in [4.69, 9.17) is 11.6 Å². The van der Waals surface area contributed by atoms with Crippen LogP contribution in [-0.2, 0) is 0 Å². The second kappa shape index (κ2) is 5.00. The van der Waals surface area contributed by atoms with Crippen LogP contribution in [0.3, 0.4) is 0 Å². The molecule has 0 bridgehead atoms. The van der Waals surface area contributed by atoms with Crippen molar-refractivity contribution in [2.45, 2.75) is 39.2 Å². The summed E-state index contributed by atoms with van der Waals surface area (Å²) in [6.07, 6.45) is 5.38. The number of aromatic nitrogens is 2. The van der Waals surface area contributed by atoms with Crippen LogP contribution in [0.4, 0.5) is 5.82 Å². The lowest BCUT2D eigenvalue weighted by Crippen LogP contribution is -2.35. The predicted octanol–water partition coefficient (Wildman–Crippen LogP) is 3.14. The quantitative estimate of drug-likeness (QED) is 0.705.